The van der Waals surface area contributed by atoms with Gasteiger partial charge in [-0.25, -0.2) is 0 Å². The number of piperidine rings is 1. The van der Waals surface area contributed by atoms with Crippen LogP contribution in [0.4, 0.5) is 0 Å². The first kappa shape index (κ1) is 18.3. The number of benzene rings is 1. The summed E-state index contributed by atoms with van der Waals surface area (Å²) in [7, 11) is 0. The Bertz CT molecular complexity index is 1020. The van der Waals surface area contributed by atoms with Crippen molar-refractivity contribution in [2.75, 3.05) is 13.1 Å². The molecule has 0 bridgehead atoms. The van der Waals surface area contributed by atoms with Crippen molar-refractivity contribution in [1.82, 2.24) is 20.2 Å². The minimum atomic E-state index is 0.0233. The van der Waals surface area contributed by atoms with E-state index in [2.05, 4.69) is 21.3 Å². The van der Waals surface area contributed by atoms with Crippen molar-refractivity contribution in [1.29, 1.82) is 0 Å². The smallest absolute Gasteiger partial charge is 0.252 e. The molecule has 1 aliphatic heterocycles. The van der Waals surface area contributed by atoms with Crippen LogP contribution in [-0.4, -0.2) is 39.9 Å². The number of rotatable bonds is 5. The Morgan fingerprint density at radius 2 is 1.97 bits per heavy atom. The first-order chi connectivity index (χ1) is 14.3. The molecule has 1 aromatic carbocycles. The van der Waals surface area contributed by atoms with Crippen LogP contribution in [0.1, 0.15) is 53.3 Å². The number of para-hydroxylation sites is 1. The summed E-state index contributed by atoms with van der Waals surface area (Å²) in [5.41, 5.74) is 3.82. The molecule has 3 aromatic rings. The number of hydrogen-bond acceptors (Lipinski definition) is 4. The maximum atomic E-state index is 13.2. The predicted octanol–water partition coefficient (Wildman–Crippen LogP) is 3.90. The lowest BCUT2D eigenvalue weighted by atomic mass is 10.0. The summed E-state index contributed by atoms with van der Waals surface area (Å²) in [6.07, 6.45) is 6.30. The molecule has 0 radical (unpaired) electrons. The zero-order valence-electron chi connectivity index (χ0n) is 16.6. The maximum absolute atomic E-state index is 13.2. The molecule has 1 saturated heterocycles. The van der Waals surface area contributed by atoms with Crippen LogP contribution in [0.25, 0.3) is 10.9 Å². The Hall–Kier alpha value is -2.79. The third-order valence-electron chi connectivity index (χ3n) is 5.93. The number of nitrogens with one attached hydrogen (secondary N) is 1. The number of fused-ring (bicyclic) bond motifs is 1. The first-order valence-corrected chi connectivity index (χ1v) is 10.6. The van der Waals surface area contributed by atoms with E-state index in [9.17, 15) is 4.79 Å². The molecule has 5 nitrogen and oxygen atoms in total. The van der Waals surface area contributed by atoms with Crippen LogP contribution in [0, 0.1) is 0 Å². The lowest BCUT2D eigenvalue weighted by molar-refractivity contribution is 0.0902. The first-order valence-electron chi connectivity index (χ1n) is 10.6. The van der Waals surface area contributed by atoms with E-state index in [-0.39, 0.29) is 11.9 Å². The van der Waals surface area contributed by atoms with Crippen LogP contribution in [0.5, 0.6) is 0 Å². The molecule has 2 aromatic heterocycles. The molecule has 1 atom stereocenters. The molecule has 2 fully saturated rings. The van der Waals surface area contributed by atoms with Gasteiger partial charge >= 0.3 is 0 Å². The molecule has 0 unspecified atom stereocenters. The monoisotopic (exact) mass is 386 g/mol. The van der Waals surface area contributed by atoms with Crippen LogP contribution < -0.4 is 5.32 Å². The fourth-order valence-corrected chi connectivity index (χ4v) is 4.27. The highest BCUT2D eigenvalue weighted by Crippen LogP contribution is 2.40. The minimum Gasteiger partial charge on any atom is -0.348 e. The molecule has 3 heterocycles. The zero-order valence-corrected chi connectivity index (χ0v) is 16.6. The third-order valence-corrected chi connectivity index (χ3v) is 5.93. The zero-order chi connectivity index (χ0) is 19.6. The fourth-order valence-electron chi connectivity index (χ4n) is 4.27. The Labute approximate surface area is 171 Å². The van der Waals surface area contributed by atoms with E-state index in [0.717, 1.165) is 60.3 Å². The summed E-state index contributed by atoms with van der Waals surface area (Å²) in [6, 6.07) is 16.2. The fraction of sp³-hybridized carbons (Fsp3) is 0.375. The van der Waals surface area contributed by atoms with Gasteiger partial charge in [0.15, 0.2) is 0 Å². The van der Waals surface area contributed by atoms with E-state index in [1.54, 1.807) is 0 Å². The third kappa shape index (κ3) is 4.15. The van der Waals surface area contributed by atoms with Gasteiger partial charge in [0.2, 0.25) is 0 Å². The summed E-state index contributed by atoms with van der Waals surface area (Å²) >= 11 is 0. The molecular weight excluding hydrogens is 360 g/mol. The van der Waals surface area contributed by atoms with Crippen LogP contribution in [-0.2, 0) is 6.54 Å². The van der Waals surface area contributed by atoms with Crippen LogP contribution in [0.3, 0.4) is 0 Å². The van der Waals surface area contributed by atoms with Crippen molar-refractivity contribution >= 4 is 16.8 Å². The summed E-state index contributed by atoms with van der Waals surface area (Å²) < 4.78 is 0. The van der Waals surface area contributed by atoms with Crippen molar-refractivity contribution in [3.63, 3.8) is 0 Å². The number of carbonyl (C=O) groups excluding carboxylic acids is 1. The van der Waals surface area contributed by atoms with Gasteiger partial charge in [-0.05, 0) is 56.5 Å². The molecule has 5 heteroatoms. The van der Waals surface area contributed by atoms with E-state index < -0.39 is 0 Å². The summed E-state index contributed by atoms with van der Waals surface area (Å²) in [5.74, 6) is 0.546. The Balaban J connectivity index is 1.32. The number of carbonyl (C=O) groups is 1. The van der Waals surface area contributed by atoms with Crippen LogP contribution in [0.2, 0.25) is 0 Å². The largest absolute Gasteiger partial charge is 0.348 e. The summed E-state index contributed by atoms with van der Waals surface area (Å²) in [5, 5.41) is 4.24. The van der Waals surface area contributed by atoms with E-state index in [1.165, 1.54) is 12.8 Å². The number of hydrogen-bond donors (Lipinski definition) is 1. The number of likely N-dealkylation sites (tertiary alicyclic amines) is 1. The molecule has 1 amide bonds. The minimum absolute atomic E-state index is 0.0233. The summed E-state index contributed by atoms with van der Waals surface area (Å²) in [6.45, 7) is 2.74. The molecule has 2 aliphatic rings. The number of pyridine rings is 2. The topological polar surface area (TPSA) is 58.1 Å². The lowest BCUT2D eigenvalue weighted by Gasteiger charge is -2.33. The standard InChI is InChI=1S/C24H26N4O/c29-24(21-14-23(17-10-11-17)27-22-9-2-1-8-20(21)22)26-19-7-5-13-28(16-19)15-18-6-3-4-12-25-18/h1-4,6,8-9,12,14,17,19H,5,7,10-11,13,15-16H2,(H,26,29)/t19-/m1/s1. The quantitative estimate of drug-likeness (QED) is 0.722. The van der Waals surface area contributed by atoms with Gasteiger partial charge in [0, 0.05) is 42.3 Å². The van der Waals surface area contributed by atoms with Gasteiger partial charge in [-0.2, -0.15) is 0 Å². The molecule has 29 heavy (non-hydrogen) atoms. The van der Waals surface area contributed by atoms with Gasteiger partial charge in [0.25, 0.3) is 5.91 Å². The SMILES string of the molecule is O=C(N[C@@H]1CCCN(Cc2ccccn2)C1)c1cc(C2CC2)nc2ccccc12. The Kier molecular flexibility index (Phi) is 4.98. The normalized spacial score (nSPS) is 19.9. The maximum Gasteiger partial charge on any atom is 0.252 e. The van der Waals surface area contributed by atoms with E-state index in [1.807, 2.05) is 48.7 Å². The second-order valence-electron chi connectivity index (χ2n) is 8.25. The molecule has 1 saturated carbocycles. The van der Waals surface area contributed by atoms with Crippen molar-refractivity contribution in [3.8, 4) is 0 Å². The van der Waals surface area contributed by atoms with E-state index in [4.69, 9.17) is 4.98 Å². The Morgan fingerprint density at radius 3 is 2.79 bits per heavy atom. The van der Waals surface area contributed by atoms with Gasteiger partial charge in [-0.1, -0.05) is 24.3 Å². The van der Waals surface area contributed by atoms with Crippen molar-refractivity contribution in [2.45, 2.75) is 44.2 Å². The second kappa shape index (κ2) is 7.91. The molecule has 1 N–H and O–H groups in total. The molecule has 148 valence electrons. The number of aromatic nitrogens is 2. The van der Waals surface area contributed by atoms with Gasteiger partial charge in [-0.3, -0.25) is 19.7 Å². The molecular formula is C24H26N4O. The Morgan fingerprint density at radius 1 is 1.10 bits per heavy atom. The van der Waals surface area contributed by atoms with Crippen molar-refractivity contribution in [3.05, 3.63) is 71.7 Å². The van der Waals surface area contributed by atoms with Gasteiger partial charge in [-0.15, -0.1) is 0 Å². The predicted molar refractivity (Wildman–Crippen MR) is 114 cm³/mol. The van der Waals surface area contributed by atoms with Gasteiger partial charge in [0.1, 0.15) is 0 Å². The van der Waals surface area contributed by atoms with Crippen LogP contribution in [0.15, 0.2) is 54.7 Å². The molecule has 1 aliphatic carbocycles. The van der Waals surface area contributed by atoms with Crippen molar-refractivity contribution < 1.29 is 4.79 Å². The highest BCUT2D eigenvalue weighted by molar-refractivity contribution is 6.06. The summed E-state index contributed by atoms with van der Waals surface area (Å²) in [4.78, 5) is 24.8. The molecule has 5 rings (SSSR count). The van der Waals surface area contributed by atoms with Crippen molar-refractivity contribution in [2.24, 2.45) is 0 Å². The second-order valence-corrected chi connectivity index (χ2v) is 8.25. The van der Waals surface area contributed by atoms with E-state index >= 15 is 0 Å². The number of nitrogens with zero attached hydrogens (tertiary/aromatic N) is 3. The average molecular weight is 386 g/mol. The van der Waals surface area contributed by atoms with Crippen LogP contribution >= 0.6 is 0 Å². The average Bonchev–Trinajstić information content (AvgIpc) is 3.59. The molecule has 0 spiro atoms. The highest BCUT2D eigenvalue weighted by Gasteiger charge is 2.28. The van der Waals surface area contributed by atoms with Gasteiger partial charge in [0.05, 0.1) is 16.8 Å². The highest BCUT2D eigenvalue weighted by atomic mass is 16.1. The number of amides is 1. The van der Waals surface area contributed by atoms with Gasteiger partial charge < -0.3 is 5.32 Å². The van der Waals surface area contributed by atoms with E-state index in [0.29, 0.717) is 5.92 Å². The lowest BCUT2D eigenvalue weighted by Crippen LogP contribution is -2.47.